The van der Waals surface area contributed by atoms with Crippen LogP contribution in [0.3, 0.4) is 0 Å². The fourth-order valence-electron chi connectivity index (χ4n) is 1.72. The molecule has 1 aromatic carbocycles. The van der Waals surface area contributed by atoms with Gasteiger partial charge in [0.1, 0.15) is 0 Å². The highest BCUT2D eigenvalue weighted by molar-refractivity contribution is 5.62. The molecular formula is C14H18O3. The molecule has 1 aliphatic rings. The SMILES string of the molecule is CC=Cc1cc(OCCCC)c2c(c1)OCO2. The molecule has 1 heterocycles. The van der Waals surface area contributed by atoms with Gasteiger partial charge in [-0.3, -0.25) is 0 Å². The molecule has 0 bridgehead atoms. The summed E-state index contributed by atoms with van der Waals surface area (Å²) in [7, 11) is 0. The van der Waals surface area contributed by atoms with Gasteiger partial charge < -0.3 is 14.2 Å². The molecule has 0 spiro atoms. The van der Waals surface area contributed by atoms with Gasteiger partial charge in [-0.25, -0.2) is 0 Å². The number of hydrogen-bond donors (Lipinski definition) is 0. The molecule has 92 valence electrons. The predicted octanol–water partition coefficient (Wildman–Crippen LogP) is 3.63. The van der Waals surface area contributed by atoms with Crippen LogP contribution in [-0.2, 0) is 0 Å². The normalized spacial score (nSPS) is 13.3. The van der Waals surface area contributed by atoms with E-state index in [1.807, 2.05) is 31.2 Å². The molecule has 17 heavy (non-hydrogen) atoms. The maximum Gasteiger partial charge on any atom is 0.231 e. The first-order chi connectivity index (χ1) is 8.35. The lowest BCUT2D eigenvalue weighted by molar-refractivity contribution is 0.169. The first kappa shape index (κ1) is 11.8. The van der Waals surface area contributed by atoms with E-state index in [0.717, 1.165) is 35.7 Å². The summed E-state index contributed by atoms with van der Waals surface area (Å²) in [5.41, 5.74) is 1.07. The van der Waals surface area contributed by atoms with Crippen LogP contribution >= 0.6 is 0 Å². The molecule has 0 aromatic heterocycles. The maximum atomic E-state index is 5.74. The van der Waals surface area contributed by atoms with Crippen molar-refractivity contribution in [3.8, 4) is 17.2 Å². The van der Waals surface area contributed by atoms with E-state index in [2.05, 4.69) is 6.92 Å². The van der Waals surface area contributed by atoms with Gasteiger partial charge in [-0.2, -0.15) is 0 Å². The van der Waals surface area contributed by atoms with Crippen molar-refractivity contribution in [2.75, 3.05) is 13.4 Å². The zero-order valence-corrected chi connectivity index (χ0v) is 10.4. The first-order valence-corrected chi connectivity index (χ1v) is 6.04. The Kier molecular flexibility index (Phi) is 3.91. The van der Waals surface area contributed by atoms with E-state index in [9.17, 15) is 0 Å². The van der Waals surface area contributed by atoms with Gasteiger partial charge in [0.25, 0.3) is 0 Å². The van der Waals surface area contributed by atoms with Crippen molar-refractivity contribution in [2.24, 2.45) is 0 Å². The van der Waals surface area contributed by atoms with Crippen LogP contribution in [0.5, 0.6) is 17.2 Å². The van der Waals surface area contributed by atoms with Gasteiger partial charge in [0.15, 0.2) is 11.5 Å². The highest BCUT2D eigenvalue weighted by atomic mass is 16.7. The largest absolute Gasteiger partial charge is 0.490 e. The Morgan fingerprint density at radius 2 is 2.24 bits per heavy atom. The summed E-state index contributed by atoms with van der Waals surface area (Å²) in [6.07, 6.45) is 6.18. The van der Waals surface area contributed by atoms with E-state index in [1.165, 1.54) is 0 Å². The molecule has 1 aliphatic heterocycles. The average molecular weight is 234 g/mol. The fourth-order valence-corrected chi connectivity index (χ4v) is 1.72. The Labute approximate surface area is 102 Å². The summed E-state index contributed by atoms with van der Waals surface area (Å²) in [6.45, 7) is 5.12. The molecule has 3 nitrogen and oxygen atoms in total. The zero-order chi connectivity index (χ0) is 12.1. The number of hydrogen-bond acceptors (Lipinski definition) is 3. The molecule has 0 saturated heterocycles. The zero-order valence-electron chi connectivity index (χ0n) is 10.4. The minimum Gasteiger partial charge on any atom is -0.490 e. The third-order valence-electron chi connectivity index (χ3n) is 2.58. The molecule has 0 amide bonds. The molecule has 0 N–H and O–H groups in total. The lowest BCUT2D eigenvalue weighted by Crippen LogP contribution is -1.98. The van der Waals surface area contributed by atoms with Crippen LogP contribution in [-0.4, -0.2) is 13.4 Å². The number of rotatable bonds is 5. The Morgan fingerprint density at radius 3 is 3.00 bits per heavy atom. The van der Waals surface area contributed by atoms with Gasteiger partial charge >= 0.3 is 0 Å². The number of allylic oxidation sites excluding steroid dienone is 1. The van der Waals surface area contributed by atoms with E-state index < -0.39 is 0 Å². The van der Waals surface area contributed by atoms with Crippen molar-refractivity contribution in [3.63, 3.8) is 0 Å². The summed E-state index contributed by atoms with van der Waals surface area (Å²) in [4.78, 5) is 0. The van der Waals surface area contributed by atoms with E-state index in [0.29, 0.717) is 6.61 Å². The second kappa shape index (κ2) is 5.62. The predicted molar refractivity (Wildman–Crippen MR) is 67.7 cm³/mol. The number of benzene rings is 1. The fraction of sp³-hybridized carbons (Fsp3) is 0.429. The van der Waals surface area contributed by atoms with E-state index in [1.54, 1.807) is 0 Å². The van der Waals surface area contributed by atoms with Crippen LogP contribution < -0.4 is 14.2 Å². The lowest BCUT2D eigenvalue weighted by Gasteiger charge is -2.09. The minimum atomic E-state index is 0.277. The van der Waals surface area contributed by atoms with Gasteiger partial charge in [0.05, 0.1) is 6.61 Å². The third-order valence-corrected chi connectivity index (χ3v) is 2.58. The highest BCUT2D eigenvalue weighted by Crippen LogP contribution is 2.42. The van der Waals surface area contributed by atoms with Crippen molar-refractivity contribution in [3.05, 3.63) is 23.8 Å². The Balaban J connectivity index is 2.22. The molecule has 0 unspecified atom stereocenters. The van der Waals surface area contributed by atoms with Gasteiger partial charge in [0.2, 0.25) is 12.5 Å². The monoisotopic (exact) mass is 234 g/mol. The van der Waals surface area contributed by atoms with Gasteiger partial charge in [-0.15, -0.1) is 0 Å². The van der Waals surface area contributed by atoms with Gasteiger partial charge in [0, 0.05) is 0 Å². The van der Waals surface area contributed by atoms with Crippen LogP contribution in [0.15, 0.2) is 18.2 Å². The molecular weight excluding hydrogens is 216 g/mol. The molecule has 1 aromatic rings. The van der Waals surface area contributed by atoms with Crippen molar-refractivity contribution >= 4 is 6.08 Å². The van der Waals surface area contributed by atoms with Crippen LogP contribution in [0, 0.1) is 0 Å². The van der Waals surface area contributed by atoms with Gasteiger partial charge in [-0.05, 0) is 31.0 Å². The van der Waals surface area contributed by atoms with E-state index in [-0.39, 0.29) is 6.79 Å². The molecule has 0 radical (unpaired) electrons. The Bertz CT molecular complexity index is 410. The topological polar surface area (TPSA) is 27.7 Å². The number of unbranched alkanes of at least 4 members (excludes halogenated alkanes) is 1. The number of ether oxygens (including phenoxy) is 3. The molecule has 0 atom stereocenters. The second-order valence-electron chi connectivity index (χ2n) is 3.95. The van der Waals surface area contributed by atoms with Crippen molar-refractivity contribution in [1.82, 2.24) is 0 Å². The van der Waals surface area contributed by atoms with Crippen molar-refractivity contribution in [1.29, 1.82) is 0 Å². The minimum absolute atomic E-state index is 0.277. The molecule has 0 aliphatic carbocycles. The maximum absolute atomic E-state index is 5.74. The standard InChI is InChI=1S/C14H18O3/c1-3-5-7-15-12-8-11(6-4-2)9-13-14(12)17-10-16-13/h4,6,8-9H,3,5,7,10H2,1-2H3. The molecule has 0 saturated carbocycles. The van der Waals surface area contributed by atoms with Crippen LogP contribution in [0.1, 0.15) is 32.3 Å². The van der Waals surface area contributed by atoms with Crippen molar-refractivity contribution < 1.29 is 14.2 Å². The van der Waals surface area contributed by atoms with Crippen molar-refractivity contribution in [2.45, 2.75) is 26.7 Å². The highest BCUT2D eigenvalue weighted by Gasteiger charge is 2.19. The van der Waals surface area contributed by atoms with E-state index >= 15 is 0 Å². The Hall–Kier alpha value is -1.64. The summed E-state index contributed by atoms with van der Waals surface area (Å²) >= 11 is 0. The Morgan fingerprint density at radius 1 is 1.35 bits per heavy atom. The smallest absolute Gasteiger partial charge is 0.231 e. The quantitative estimate of drug-likeness (QED) is 0.728. The average Bonchev–Trinajstić information content (AvgIpc) is 2.78. The number of fused-ring (bicyclic) bond motifs is 1. The summed E-state index contributed by atoms with van der Waals surface area (Å²) < 4.78 is 16.6. The molecule has 0 fully saturated rings. The summed E-state index contributed by atoms with van der Waals surface area (Å²) in [5, 5.41) is 0. The second-order valence-corrected chi connectivity index (χ2v) is 3.95. The first-order valence-electron chi connectivity index (χ1n) is 6.04. The van der Waals surface area contributed by atoms with Crippen LogP contribution in [0.2, 0.25) is 0 Å². The van der Waals surface area contributed by atoms with E-state index in [4.69, 9.17) is 14.2 Å². The lowest BCUT2D eigenvalue weighted by atomic mass is 10.1. The summed E-state index contributed by atoms with van der Waals surface area (Å²) in [5.74, 6) is 2.28. The molecule has 2 rings (SSSR count). The summed E-state index contributed by atoms with van der Waals surface area (Å²) in [6, 6.07) is 3.96. The van der Waals surface area contributed by atoms with Crippen LogP contribution in [0.25, 0.3) is 6.08 Å². The van der Waals surface area contributed by atoms with Crippen LogP contribution in [0.4, 0.5) is 0 Å². The van der Waals surface area contributed by atoms with Gasteiger partial charge in [-0.1, -0.05) is 25.5 Å². The third kappa shape index (κ3) is 2.73. The molecule has 3 heteroatoms.